The number of carboxylic acid groups (broad SMARTS) is 1. The quantitative estimate of drug-likeness (QED) is 0.815. The lowest BCUT2D eigenvalue weighted by Crippen LogP contribution is -2.05. The van der Waals surface area contributed by atoms with Crippen LogP contribution in [0.15, 0.2) is 24.3 Å². The molecule has 2 aromatic heterocycles. The topological polar surface area (TPSA) is 50.9 Å². The van der Waals surface area contributed by atoms with Gasteiger partial charge in [0.05, 0.1) is 7.11 Å². The zero-order valence-electron chi connectivity index (χ0n) is 8.52. The maximum atomic E-state index is 11.1. The van der Waals surface area contributed by atoms with Gasteiger partial charge in [-0.2, -0.15) is 0 Å². The summed E-state index contributed by atoms with van der Waals surface area (Å²) in [6.07, 6.45) is 0. The van der Waals surface area contributed by atoms with E-state index in [-0.39, 0.29) is 5.69 Å². The molecule has 0 radical (unpaired) electrons. The number of aryl methyl sites for hydroxylation is 1. The molecule has 78 valence electrons. The first-order chi connectivity index (χ1) is 7.15. The number of carbonyl (C=O) groups is 1. The van der Waals surface area contributed by atoms with E-state index >= 15 is 0 Å². The summed E-state index contributed by atoms with van der Waals surface area (Å²) in [5, 5.41) is 9.10. The van der Waals surface area contributed by atoms with Crippen LogP contribution in [0.5, 0.6) is 5.88 Å². The molecule has 2 aromatic rings. The Morgan fingerprint density at radius 2 is 2.20 bits per heavy atom. The van der Waals surface area contributed by atoms with Gasteiger partial charge in [0, 0.05) is 5.52 Å². The number of aromatic nitrogens is 1. The summed E-state index contributed by atoms with van der Waals surface area (Å²) in [5.74, 6) is -0.421. The van der Waals surface area contributed by atoms with Gasteiger partial charge in [0.2, 0.25) is 0 Å². The minimum Gasteiger partial charge on any atom is -0.482 e. The lowest BCUT2D eigenvalue weighted by Gasteiger charge is -2.06. The molecular formula is C11H11NO3. The van der Waals surface area contributed by atoms with Gasteiger partial charge >= 0.3 is 5.97 Å². The van der Waals surface area contributed by atoms with Crippen molar-refractivity contribution < 1.29 is 14.6 Å². The highest BCUT2D eigenvalue weighted by atomic mass is 16.5. The van der Waals surface area contributed by atoms with Crippen molar-refractivity contribution >= 4 is 11.5 Å². The van der Waals surface area contributed by atoms with Crippen LogP contribution in [0.2, 0.25) is 0 Å². The zero-order valence-corrected chi connectivity index (χ0v) is 8.52. The highest BCUT2D eigenvalue weighted by molar-refractivity contribution is 5.90. The molecule has 0 saturated heterocycles. The maximum absolute atomic E-state index is 11.1. The van der Waals surface area contributed by atoms with E-state index in [2.05, 4.69) is 0 Å². The van der Waals surface area contributed by atoms with E-state index in [4.69, 9.17) is 9.84 Å². The van der Waals surface area contributed by atoms with Gasteiger partial charge in [-0.15, -0.1) is 0 Å². The molecule has 2 rings (SSSR count). The molecule has 0 aliphatic rings. The molecule has 0 bridgehead atoms. The number of rotatable bonds is 2. The summed E-state index contributed by atoms with van der Waals surface area (Å²) in [7, 11) is 1.52. The number of ether oxygens (including phenoxy) is 1. The summed E-state index contributed by atoms with van der Waals surface area (Å²) >= 11 is 0. The number of pyridine rings is 1. The molecule has 4 nitrogen and oxygen atoms in total. The number of hydrogen-bond donors (Lipinski definition) is 1. The third-order valence-corrected chi connectivity index (χ3v) is 2.36. The van der Waals surface area contributed by atoms with Crippen LogP contribution < -0.4 is 4.74 Å². The average molecular weight is 205 g/mol. The van der Waals surface area contributed by atoms with Crippen LogP contribution in [0, 0.1) is 6.92 Å². The predicted molar refractivity (Wildman–Crippen MR) is 55.6 cm³/mol. The molecule has 15 heavy (non-hydrogen) atoms. The van der Waals surface area contributed by atoms with Gasteiger partial charge in [0.25, 0.3) is 0 Å². The Balaban J connectivity index is 2.88. The van der Waals surface area contributed by atoms with Gasteiger partial charge in [0.15, 0.2) is 5.88 Å². The van der Waals surface area contributed by atoms with Crippen molar-refractivity contribution in [2.45, 2.75) is 6.92 Å². The molecule has 2 heterocycles. The van der Waals surface area contributed by atoms with Crippen molar-refractivity contribution in [3.05, 3.63) is 35.5 Å². The van der Waals surface area contributed by atoms with E-state index in [0.29, 0.717) is 5.88 Å². The van der Waals surface area contributed by atoms with Crippen LogP contribution in [0.4, 0.5) is 0 Å². The molecule has 0 spiro atoms. The van der Waals surface area contributed by atoms with Crippen molar-refractivity contribution in [2.75, 3.05) is 7.11 Å². The summed E-state index contributed by atoms with van der Waals surface area (Å²) in [6, 6.07) is 7.24. The van der Waals surface area contributed by atoms with Gasteiger partial charge in [-0.3, -0.25) is 4.40 Å². The molecule has 0 saturated carbocycles. The van der Waals surface area contributed by atoms with Crippen molar-refractivity contribution in [1.82, 2.24) is 4.40 Å². The lowest BCUT2D eigenvalue weighted by molar-refractivity contribution is 0.0687. The van der Waals surface area contributed by atoms with E-state index in [1.807, 2.05) is 18.2 Å². The largest absolute Gasteiger partial charge is 0.482 e. The van der Waals surface area contributed by atoms with E-state index in [0.717, 1.165) is 11.1 Å². The van der Waals surface area contributed by atoms with Gasteiger partial charge < -0.3 is 9.84 Å². The Morgan fingerprint density at radius 1 is 1.47 bits per heavy atom. The normalized spacial score (nSPS) is 10.5. The highest BCUT2D eigenvalue weighted by Gasteiger charge is 2.15. The standard InChI is InChI=1S/C11H11NO3/c1-7-6-8-4-3-5-9(15-2)12(8)10(7)11(13)14/h3-6H,1-2H3,(H,13,14). The van der Waals surface area contributed by atoms with Crippen molar-refractivity contribution in [1.29, 1.82) is 0 Å². The van der Waals surface area contributed by atoms with Gasteiger partial charge in [-0.1, -0.05) is 6.07 Å². The van der Waals surface area contributed by atoms with Gasteiger partial charge in [-0.25, -0.2) is 4.79 Å². The van der Waals surface area contributed by atoms with Crippen LogP contribution in [0.3, 0.4) is 0 Å². The first-order valence-electron chi connectivity index (χ1n) is 4.53. The Kier molecular flexibility index (Phi) is 2.11. The summed E-state index contributed by atoms with van der Waals surface area (Å²) in [4.78, 5) is 11.1. The monoisotopic (exact) mass is 205 g/mol. The molecule has 1 N–H and O–H groups in total. The average Bonchev–Trinajstić information content (AvgIpc) is 2.53. The molecule has 0 unspecified atom stereocenters. The first kappa shape index (κ1) is 9.58. The van der Waals surface area contributed by atoms with E-state index < -0.39 is 5.97 Å². The van der Waals surface area contributed by atoms with Crippen molar-refractivity contribution in [3.63, 3.8) is 0 Å². The Hall–Kier alpha value is -1.97. The SMILES string of the molecule is COc1cccc2cc(C)c(C(=O)O)n12. The minimum atomic E-state index is -0.947. The van der Waals surface area contributed by atoms with Crippen LogP contribution in [-0.4, -0.2) is 22.6 Å². The Morgan fingerprint density at radius 3 is 2.80 bits per heavy atom. The molecular weight excluding hydrogens is 194 g/mol. The predicted octanol–water partition coefficient (Wildman–Crippen LogP) is 1.95. The van der Waals surface area contributed by atoms with Crippen molar-refractivity contribution in [3.8, 4) is 5.88 Å². The van der Waals surface area contributed by atoms with E-state index in [9.17, 15) is 4.79 Å². The van der Waals surface area contributed by atoms with Gasteiger partial charge in [0.1, 0.15) is 5.69 Å². The second-order valence-corrected chi connectivity index (χ2v) is 3.31. The number of nitrogens with zero attached hydrogens (tertiary/aromatic N) is 1. The van der Waals surface area contributed by atoms with Crippen LogP contribution in [-0.2, 0) is 0 Å². The van der Waals surface area contributed by atoms with Crippen molar-refractivity contribution in [2.24, 2.45) is 0 Å². The molecule has 4 heteroatoms. The number of aromatic carboxylic acids is 1. The summed E-state index contributed by atoms with van der Waals surface area (Å²) in [5.41, 5.74) is 1.80. The Bertz CT molecular complexity index is 528. The second-order valence-electron chi connectivity index (χ2n) is 3.31. The fourth-order valence-electron chi connectivity index (χ4n) is 1.75. The van der Waals surface area contributed by atoms with Crippen LogP contribution in [0.1, 0.15) is 16.1 Å². The summed E-state index contributed by atoms with van der Waals surface area (Å²) < 4.78 is 6.73. The third-order valence-electron chi connectivity index (χ3n) is 2.36. The molecule has 0 aliphatic carbocycles. The first-order valence-corrected chi connectivity index (χ1v) is 4.53. The summed E-state index contributed by atoms with van der Waals surface area (Å²) in [6.45, 7) is 1.77. The smallest absolute Gasteiger partial charge is 0.353 e. The number of hydrogen-bond acceptors (Lipinski definition) is 2. The van der Waals surface area contributed by atoms with Crippen LogP contribution in [0.25, 0.3) is 5.52 Å². The van der Waals surface area contributed by atoms with Gasteiger partial charge in [-0.05, 0) is 30.7 Å². The third kappa shape index (κ3) is 1.34. The maximum Gasteiger partial charge on any atom is 0.353 e. The molecule has 0 atom stereocenters. The van der Waals surface area contributed by atoms with E-state index in [1.165, 1.54) is 7.11 Å². The Labute approximate surface area is 86.7 Å². The molecule has 0 aliphatic heterocycles. The number of carboxylic acids is 1. The highest BCUT2D eigenvalue weighted by Crippen LogP contribution is 2.22. The molecule has 0 amide bonds. The van der Waals surface area contributed by atoms with Crippen LogP contribution >= 0.6 is 0 Å². The fourth-order valence-corrected chi connectivity index (χ4v) is 1.75. The zero-order chi connectivity index (χ0) is 11.0. The minimum absolute atomic E-state index is 0.252. The fraction of sp³-hybridized carbons (Fsp3) is 0.182. The lowest BCUT2D eigenvalue weighted by atomic mass is 10.3. The van der Waals surface area contributed by atoms with E-state index in [1.54, 1.807) is 17.4 Å². The second kappa shape index (κ2) is 3.31. The number of fused-ring (bicyclic) bond motifs is 1. The number of methoxy groups -OCH3 is 1. The molecule has 0 aromatic carbocycles. The molecule has 0 fully saturated rings.